The number of hydrogen-bond acceptors (Lipinski definition) is 6. The highest BCUT2D eigenvalue weighted by Crippen LogP contribution is 2.30. The molecule has 0 aromatic heterocycles. The number of ether oxygens (including phenoxy) is 2. The Morgan fingerprint density at radius 2 is 1.52 bits per heavy atom. The number of rotatable bonds is 13. The van der Waals surface area contributed by atoms with Crippen molar-refractivity contribution in [2.24, 2.45) is 0 Å². The number of amides is 2. The zero-order valence-electron chi connectivity index (χ0n) is 23.5. The predicted octanol–water partition coefficient (Wildman–Crippen LogP) is 3.63. The third-order valence-electron chi connectivity index (χ3n) is 6.22. The number of sulfonamides is 1. The lowest BCUT2D eigenvalue weighted by Gasteiger charge is -2.34. The van der Waals surface area contributed by atoms with Crippen molar-refractivity contribution in [3.05, 3.63) is 90.0 Å². The largest absolute Gasteiger partial charge is 0.497 e. The summed E-state index contributed by atoms with van der Waals surface area (Å²) in [5.74, 6) is 0.0265. The number of carbonyl (C=O) groups excluding carboxylic acids is 2. The van der Waals surface area contributed by atoms with Gasteiger partial charge in [-0.3, -0.25) is 13.9 Å². The van der Waals surface area contributed by atoms with Gasteiger partial charge in [0.25, 0.3) is 0 Å². The first-order valence-corrected chi connectivity index (χ1v) is 14.8. The number of nitrogens with zero attached hydrogens (tertiary/aromatic N) is 2. The Hall–Kier alpha value is -4.05. The average Bonchev–Trinajstić information content (AvgIpc) is 2.93. The van der Waals surface area contributed by atoms with Crippen molar-refractivity contribution >= 4 is 27.5 Å². The van der Waals surface area contributed by atoms with Crippen molar-refractivity contribution in [2.45, 2.75) is 38.9 Å². The number of benzene rings is 3. The summed E-state index contributed by atoms with van der Waals surface area (Å²) in [7, 11) is -0.919. The lowest BCUT2D eigenvalue weighted by atomic mass is 10.0. The van der Waals surface area contributed by atoms with Crippen LogP contribution in [0.25, 0.3) is 0 Å². The van der Waals surface area contributed by atoms with Crippen LogP contribution in [0.15, 0.2) is 78.9 Å². The minimum Gasteiger partial charge on any atom is -0.497 e. The van der Waals surface area contributed by atoms with Gasteiger partial charge >= 0.3 is 0 Å². The molecule has 0 aliphatic carbocycles. The second kappa shape index (κ2) is 13.8. The smallest absolute Gasteiger partial charge is 0.244 e. The predicted molar refractivity (Wildman–Crippen MR) is 156 cm³/mol. The van der Waals surface area contributed by atoms with E-state index in [1.54, 1.807) is 49.6 Å². The minimum absolute atomic E-state index is 0.0581. The normalized spacial score (nSPS) is 11.9. The third-order valence-corrected chi connectivity index (χ3v) is 7.35. The van der Waals surface area contributed by atoms with E-state index in [0.29, 0.717) is 11.5 Å². The molecule has 0 radical (unpaired) electrons. The summed E-state index contributed by atoms with van der Waals surface area (Å²) >= 11 is 0. The molecule has 3 aromatic rings. The SMILES string of the molecule is COc1cccc(CN(C(=O)CN(c2ccccc2OC)S(C)(=O)=O)[C@H](Cc2ccccc2)C(=O)NC(C)C)c1. The number of methoxy groups -OCH3 is 2. The van der Waals surface area contributed by atoms with Crippen molar-refractivity contribution in [3.63, 3.8) is 0 Å². The van der Waals surface area contributed by atoms with Crippen LogP contribution in [0.5, 0.6) is 11.5 Å². The van der Waals surface area contributed by atoms with Crippen LogP contribution in [0.1, 0.15) is 25.0 Å². The molecule has 0 aliphatic rings. The van der Waals surface area contributed by atoms with Crippen molar-refractivity contribution in [1.29, 1.82) is 0 Å². The molecule has 0 saturated carbocycles. The Labute approximate surface area is 236 Å². The minimum atomic E-state index is -3.90. The zero-order valence-corrected chi connectivity index (χ0v) is 24.4. The van der Waals surface area contributed by atoms with Gasteiger partial charge < -0.3 is 19.7 Å². The van der Waals surface area contributed by atoms with E-state index >= 15 is 0 Å². The van der Waals surface area contributed by atoms with E-state index in [-0.39, 0.29) is 30.6 Å². The summed E-state index contributed by atoms with van der Waals surface area (Å²) in [5.41, 5.74) is 1.82. The van der Waals surface area contributed by atoms with Gasteiger partial charge in [-0.25, -0.2) is 8.42 Å². The molecule has 0 heterocycles. The fraction of sp³-hybridized carbons (Fsp3) is 0.333. The molecular weight excluding hydrogens is 530 g/mol. The van der Waals surface area contributed by atoms with Gasteiger partial charge in [-0.15, -0.1) is 0 Å². The van der Waals surface area contributed by atoms with Crippen LogP contribution in [0.2, 0.25) is 0 Å². The van der Waals surface area contributed by atoms with E-state index in [4.69, 9.17) is 9.47 Å². The maximum absolute atomic E-state index is 14.1. The van der Waals surface area contributed by atoms with Gasteiger partial charge in [-0.2, -0.15) is 0 Å². The van der Waals surface area contributed by atoms with Gasteiger partial charge in [-0.1, -0.05) is 54.6 Å². The Morgan fingerprint density at radius 1 is 0.875 bits per heavy atom. The van der Waals surface area contributed by atoms with E-state index in [2.05, 4.69) is 5.32 Å². The Balaban J connectivity index is 2.09. The Morgan fingerprint density at radius 3 is 2.15 bits per heavy atom. The first-order chi connectivity index (χ1) is 19.0. The maximum Gasteiger partial charge on any atom is 0.244 e. The molecule has 3 aromatic carbocycles. The summed E-state index contributed by atoms with van der Waals surface area (Å²) < 4.78 is 37.6. The molecule has 0 bridgehead atoms. The van der Waals surface area contributed by atoms with Crippen molar-refractivity contribution in [1.82, 2.24) is 10.2 Å². The second-order valence-electron chi connectivity index (χ2n) is 9.68. The molecule has 0 saturated heterocycles. The Bertz CT molecular complexity index is 1400. The van der Waals surface area contributed by atoms with E-state index < -0.39 is 28.5 Å². The fourth-order valence-corrected chi connectivity index (χ4v) is 5.19. The standard InChI is InChI=1S/C30H37N3O6S/c1-22(2)31-30(35)27(19-23-12-7-6-8-13-23)32(20-24-14-11-15-25(18-24)38-3)29(34)21-33(40(5,36)37)26-16-9-10-17-28(26)39-4/h6-18,22,27H,19-21H2,1-5H3,(H,31,35)/t27-/m1/s1. The van der Waals surface area contributed by atoms with Crippen molar-refractivity contribution < 1.29 is 27.5 Å². The molecule has 9 nitrogen and oxygen atoms in total. The van der Waals surface area contributed by atoms with Crippen LogP contribution in [0.4, 0.5) is 5.69 Å². The van der Waals surface area contributed by atoms with Crippen LogP contribution in [0, 0.1) is 0 Å². The highest BCUT2D eigenvalue weighted by atomic mass is 32.2. The molecule has 10 heteroatoms. The number of anilines is 1. The third kappa shape index (κ3) is 8.22. The summed E-state index contributed by atoms with van der Waals surface area (Å²) in [6.07, 6.45) is 1.27. The van der Waals surface area contributed by atoms with E-state index in [0.717, 1.165) is 21.7 Å². The van der Waals surface area contributed by atoms with Crippen LogP contribution in [-0.4, -0.2) is 64.2 Å². The molecule has 1 N–H and O–H groups in total. The van der Waals surface area contributed by atoms with Crippen LogP contribution in [-0.2, 0) is 32.6 Å². The summed E-state index contributed by atoms with van der Waals surface area (Å²) in [6.45, 7) is 3.23. The van der Waals surface area contributed by atoms with Crippen molar-refractivity contribution in [3.8, 4) is 11.5 Å². The number of carbonyl (C=O) groups is 2. The molecule has 214 valence electrons. The highest BCUT2D eigenvalue weighted by molar-refractivity contribution is 7.92. The van der Waals surface area contributed by atoms with Gasteiger partial charge in [0.2, 0.25) is 21.8 Å². The number of hydrogen-bond donors (Lipinski definition) is 1. The molecule has 3 rings (SSSR count). The van der Waals surface area contributed by atoms with Crippen LogP contribution >= 0.6 is 0 Å². The first kappa shape index (κ1) is 30.5. The highest BCUT2D eigenvalue weighted by Gasteiger charge is 2.34. The number of nitrogens with one attached hydrogen (secondary N) is 1. The van der Waals surface area contributed by atoms with Gasteiger partial charge in [-0.05, 0) is 49.2 Å². The van der Waals surface area contributed by atoms with Crippen LogP contribution < -0.4 is 19.1 Å². The summed E-state index contributed by atoms with van der Waals surface area (Å²) in [4.78, 5) is 29.1. The quantitative estimate of drug-likeness (QED) is 0.338. The van der Waals surface area contributed by atoms with E-state index in [1.807, 2.05) is 50.2 Å². The van der Waals surface area contributed by atoms with E-state index in [9.17, 15) is 18.0 Å². The van der Waals surface area contributed by atoms with Gasteiger partial charge in [0.1, 0.15) is 24.1 Å². The lowest BCUT2D eigenvalue weighted by Crippen LogP contribution is -2.54. The molecule has 2 amide bonds. The number of para-hydroxylation sites is 2. The van der Waals surface area contributed by atoms with Crippen molar-refractivity contribution in [2.75, 3.05) is 31.3 Å². The Kier molecular flexibility index (Phi) is 10.6. The monoisotopic (exact) mass is 567 g/mol. The maximum atomic E-state index is 14.1. The molecule has 40 heavy (non-hydrogen) atoms. The lowest BCUT2D eigenvalue weighted by molar-refractivity contribution is -0.140. The summed E-state index contributed by atoms with van der Waals surface area (Å²) in [6, 6.07) is 22.1. The zero-order chi connectivity index (χ0) is 29.3. The molecular formula is C30H37N3O6S. The molecule has 0 spiro atoms. The average molecular weight is 568 g/mol. The van der Waals surface area contributed by atoms with Crippen LogP contribution in [0.3, 0.4) is 0 Å². The van der Waals surface area contributed by atoms with Gasteiger partial charge in [0, 0.05) is 19.0 Å². The molecule has 1 atom stereocenters. The molecule has 0 aliphatic heterocycles. The first-order valence-electron chi connectivity index (χ1n) is 12.9. The second-order valence-corrected chi connectivity index (χ2v) is 11.6. The molecule has 0 unspecified atom stereocenters. The molecule has 0 fully saturated rings. The summed E-state index contributed by atoms with van der Waals surface area (Å²) in [5, 5.41) is 2.93. The fourth-order valence-electron chi connectivity index (χ4n) is 4.33. The topological polar surface area (TPSA) is 105 Å². The van der Waals surface area contributed by atoms with E-state index in [1.165, 1.54) is 12.0 Å². The van der Waals surface area contributed by atoms with Gasteiger partial charge in [0.05, 0.1) is 26.2 Å². The van der Waals surface area contributed by atoms with Gasteiger partial charge in [0.15, 0.2) is 0 Å².